The molecular formula is C16H21N5O3S. The van der Waals surface area contributed by atoms with E-state index in [1.165, 1.54) is 15.4 Å². The molecule has 3 aliphatic rings. The normalized spacial score (nSPS) is 24.6. The van der Waals surface area contributed by atoms with Gasteiger partial charge in [0.2, 0.25) is 15.9 Å². The Hall–Kier alpha value is -2.00. The maximum absolute atomic E-state index is 12.8. The van der Waals surface area contributed by atoms with Gasteiger partial charge in [0.05, 0.1) is 6.26 Å². The molecule has 3 fully saturated rings. The van der Waals surface area contributed by atoms with Crippen LogP contribution in [0.3, 0.4) is 0 Å². The molecule has 1 amide bonds. The lowest BCUT2D eigenvalue weighted by molar-refractivity contribution is -0.136. The minimum Gasteiger partial charge on any atom is -0.336 e. The lowest BCUT2D eigenvalue weighted by atomic mass is 9.95. The smallest absolute Gasteiger partial charge is 0.246 e. The average Bonchev–Trinajstić information content (AvgIpc) is 2.73. The van der Waals surface area contributed by atoms with Crippen molar-refractivity contribution in [2.24, 2.45) is 5.92 Å². The summed E-state index contributed by atoms with van der Waals surface area (Å²) in [5.74, 6) is 0.146. The van der Waals surface area contributed by atoms with E-state index in [-0.39, 0.29) is 24.4 Å². The molecule has 0 N–H and O–H groups in total. The third-order valence-electron chi connectivity index (χ3n) is 5.07. The van der Waals surface area contributed by atoms with Gasteiger partial charge in [-0.2, -0.15) is 19.3 Å². The van der Waals surface area contributed by atoms with Crippen LogP contribution in [0.5, 0.6) is 0 Å². The van der Waals surface area contributed by atoms with Crippen molar-refractivity contribution in [3.63, 3.8) is 0 Å². The molecule has 1 aromatic carbocycles. The Balaban J connectivity index is 1.52. The van der Waals surface area contributed by atoms with Gasteiger partial charge in [0.15, 0.2) is 0 Å². The summed E-state index contributed by atoms with van der Waals surface area (Å²) in [7, 11) is -3.23. The first kappa shape index (κ1) is 16.5. The molecule has 2 aromatic rings. The predicted molar refractivity (Wildman–Crippen MR) is 92.2 cm³/mol. The highest BCUT2D eigenvalue weighted by Gasteiger charge is 2.39. The van der Waals surface area contributed by atoms with E-state index >= 15 is 0 Å². The number of aromatic nitrogens is 3. The molecule has 0 spiro atoms. The van der Waals surface area contributed by atoms with Gasteiger partial charge >= 0.3 is 0 Å². The highest BCUT2D eigenvalue weighted by atomic mass is 32.2. The van der Waals surface area contributed by atoms with Crippen molar-refractivity contribution in [1.82, 2.24) is 24.2 Å². The fraction of sp³-hybridized carbons (Fsp3) is 0.562. The van der Waals surface area contributed by atoms with Crippen molar-refractivity contribution >= 4 is 27.0 Å². The molecule has 2 atom stereocenters. The van der Waals surface area contributed by atoms with Crippen LogP contribution in [0.4, 0.5) is 0 Å². The standard InChI is InChI=1S/C16H21N5O3S/c1-25(23,24)19-8-12-6-7-13(10-19)20(9-12)16(22)11-21-17-14-4-2-3-5-15(14)18-21/h2-5,12-13H,6-11H2,1H3/t12-,13+/m0/s1. The van der Waals surface area contributed by atoms with Crippen LogP contribution < -0.4 is 0 Å². The zero-order valence-corrected chi connectivity index (χ0v) is 14.9. The minimum absolute atomic E-state index is 0.0506. The number of amides is 1. The fourth-order valence-corrected chi connectivity index (χ4v) is 4.73. The zero-order valence-electron chi connectivity index (χ0n) is 14.1. The lowest BCUT2D eigenvalue weighted by Crippen LogP contribution is -2.48. The average molecular weight is 363 g/mol. The van der Waals surface area contributed by atoms with Crippen molar-refractivity contribution in [2.75, 3.05) is 25.9 Å². The number of carbonyl (C=O) groups excluding carboxylic acids is 1. The summed E-state index contributed by atoms with van der Waals surface area (Å²) in [4.78, 5) is 16.1. The highest BCUT2D eigenvalue weighted by molar-refractivity contribution is 7.88. The van der Waals surface area contributed by atoms with E-state index in [0.717, 1.165) is 23.9 Å². The van der Waals surface area contributed by atoms with Crippen LogP contribution in [0.25, 0.3) is 11.0 Å². The highest BCUT2D eigenvalue weighted by Crippen LogP contribution is 2.29. The van der Waals surface area contributed by atoms with Crippen molar-refractivity contribution in [1.29, 1.82) is 0 Å². The molecule has 2 bridgehead atoms. The molecule has 0 radical (unpaired) electrons. The van der Waals surface area contributed by atoms with Crippen LogP contribution in [-0.4, -0.2) is 70.5 Å². The molecule has 8 nitrogen and oxygen atoms in total. The van der Waals surface area contributed by atoms with Gasteiger partial charge in [0.25, 0.3) is 0 Å². The van der Waals surface area contributed by atoms with Gasteiger partial charge < -0.3 is 4.90 Å². The molecule has 25 heavy (non-hydrogen) atoms. The van der Waals surface area contributed by atoms with Crippen molar-refractivity contribution in [3.8, 4) is 0 Å². The predicted octanol–water partition coefficient (Wildman–Crippen LogP) is 0.314. The van der Waals surface area contributed by atoms with Gasteiger partial charge in [-0.05, 0) is 30.9 Å². The van der Waals surface area contributed by atoms with Gasteiger partial charge in [0.1, 0.15) is 17.6 Å². The van der Waals surface area contributed by atoms with Gasteiger partial charge in [-0.15, -0.1) is 0 Å². The summed E-state index contributed by atoms with van der Waals surface area (Å²) in [6, 6.07) is 7.43. The fourth-order valence-electron chi connectivity index (χ4n) is 3.80. The Morgan fingerprint density at radius 3 is 2.44 bits per heavy atom. The number of piperidine rings is 1. The van der Waals surface area contributed by atoms with Crippen LogP contribution in [0, 0.1) is 5.92 Å². The van der Waals surface area contributed by atoms with Crippen LogP contribution in [0.1, 0.15) is 12.8 Å². The first-order chi connectivity index (χ1) is 11.9. The number of sulfonamides is 1. The molecule has 9 heteroatoms. The Labute approximate surface area is 146 Å². The topological polar surface area (TPSA) is 88.4 Å². The van der Waals surface area contributed by atoms with E-state index < -0.39 is 10.0 Å². The Bertz CT molecular complexity index is 876. The van der Waals surface area contributed by atoms with Crippen LogP contribution in [0.2, 0.25) is 0 Å². The number of carbonyl (C=O) groups is 1. The van der Waals surface area contributed by atoms with Gasteiger partial charge in [-0.25, -0.2) is 8.42 Å². The van der Waals surface area contributed by atoms with Gasteiger partial charge in [-0.1, -0.05) is 12.1 Å². The number of fused-ring (bicyclic) bond motifs is 5. The number of rotatable bonds is 3. The first-order valence-electron chi connectivity index (χ1n) is 8.44. The second kappa shape index (κ2) is 6.06. The SMILES string of the molecule is CS(=O)(=O)N1C[C@@H]2CC[C@H](C1)N(C(=O)Cn1nc3ccccc3n1)C2. The van der Waals surface area contributed by atoms with E-state index in [1.807, 2.05) is 29.2 Å². The lowest BCUT2D eigenvalue weighted by Gasteiger charge is -2.36. The van der Waals surface area contributed by atoms with E-state index in [2.05, 4.69) is 10.2 Å². The first-order valence-corrected chi connectivity index (χ1v) is 10.3. The number of nitrogens with zero attached hydrogens (tertiary/aromatic N) is 5. The summed E-state index contributed by atoms with van der Waals surface area (Å²) in [6.07, 6.45) is 3.05. The van der Waals surface area contributed by atoms with Gasteiger partial charge in [0, 0.05) is 25.7 Å². The zero-order chi connectivity index (χ0) is 17.6. The van der Waals surface area contributed by atoms with E-state index in [1.54, 1.807) is 0 Å². The second-order valence-corrected chi connectivity index (χ2v) is 8.92. The maximum Gasteiger partial charge on any atom is 0.246 e. The molecule has 5 rings (SSSR count). The second-order valence-electron chi connectivity index (χ2n) is 6.94. The molecule has 0 saturated carbocycles. The summed E-state index contributed by atoms with van der Waals surface area (Å²) >= 11 is 0. The van der Waals surface area contributed by atoms with Crippen LogP contribution in [0.15, 0.2) is 24.3 Å². The number of hydrogen-bond acceptors (Lipinski definition) is 5. The van der Waals surface area contributed by atoms with E-state index in [9.17, 15) is 13.2 Å². The van der Waals surface area contributed by atoms with Crippen molar-refractivity contribution < 1.29 is 13.2 Å². The maximum atomic E-state index is 12.8. The quantitative estimate of drug-likeness (QED) is 0.783. The van der Waals surface area contributed by atoms with Crippen LogP contribution in [-0.2, 0) is 21.4 Å². The molecule has 4 heterocycles. The summed E-state index contributed by atoms with van der Waals surface area (Å²) in [5, 5.41) is 8.68. The Morgan fingerprint density at radius 2 is 1.80 bits per heavy atom. The van der Waals surface area contributed by atoms with Crippen LogP contribution >= 0.6 is 0 Å². The monoisotopic (exact) mass is 363 g/mol. The Kier molecular flexibility index (Phi) is 3.99. The molecule has 3 aliphatic heterocycles. The molecule has 3 saturated heterocycles. The summed E-state index contributed by atoms with van der Waals surface area (Å²) < 4.78 is 25.4. The summed E-state index contributed by atoms with van der Waals surface area (Å²) in [6.45, 7) is 1.58. The van der Waals surface area contributed by atoms with E-state index in [0.29, 0.717) is 19.6 Å². The molecule has 1 aromatic heterocycles. The molecular weight excluding hydrogens is 342 g/mol. The van der Waals surface area contributed by atoms with E-state index in [4.69, 9.17) is 0 Å². The molecule has 134 valence electrons. The summed E-state index contributed by atoms with van der Waals surface area (Å²) in [5.41, 5.74) is 1.52. The largest absolute Gasteiger partial charge is 0.336 e. The van der Waals surface area contributed by atoms with Gasteiger partial charge in [-0.3, -0.25) is 4.79 Å². The molecule has 0 unspecified atom stereocenters. The van der Waals surface area contributed by atoms with Crippen molar-refractivity contribution in [3.05, 3.63) is 24.3 Å². The Morgan fingerprint density at radius 1 is 1.12 bits per heavy atom. The number of hydrogen-bond donors (Lipinski definition) is 0. The van der Waals surface area contributed by atoms with Crippen molar-refractivity contribution in [2.45, 2.75) is 25.4 Å². The minimum atomic E-state index is -3.23. The number of benzene rings is 1. The third-order valence-corrected chi connectivity index (χ3v) is 6.31. The molecule has 0 aliphatic carbocycles. The third kappa shape index (κ3) is 3.25.